The number of carbonyl (C=O) groups is 1. The summed E-state index contributed by atoms with van der Waals surface area (Å²) in [6.07, 6.45) is 0.541. The first-order valence-corrected chi connectivity index (χ1v) is 7.66. The predicted molar refractivity (Wildman–Crippen MR) is 89.5 cm³/mol. The third-order valence-electron chi connectivity index (χ3n) is 3.60. The van der Waals surface area contributed by atoms with Gasteiger partial charge in [-0.3, -0.25) is 0 Å². The summed E-state index contributed by atoms with van der Waals surface area (Å²) < 4.78 is 18.3. The van der Waals surface area contributed by atoms with Crippen molar-refractivity contribution in [2.75, 3.05) is 20.3 Å². The number of halogens is 1. The van der Waals surface area contributed by atoms with E-state index in [9.17, 15) is 14.3 Å². The van der Waals surface area contributed by atoms with Gasteiger partial charge in [0, 0.05) is 6.54 Å². The molecule has 0 aliphatic heterocycles. The van der Waals surface area contributed by atoms with Gasteiger partial charge in [0.1, 0.15) is 0 Å². The van der Waals surface area contributed by atoms with Crippen LogP contribution in [0.15, 0.2) is 48.5 Å². The first-order chi connectivity index (χ1) is 11.6. The third kappa shape index (κ3) is 4.96. The van der Waals surface area contributed by atoms with Crippen LogP contribution in [-0.2, 0) is 6.42 Å². The van der Waals surface area contributed by atoms with Gasteiger partial charge in [0.25, 0.3) is 0 Å². The summed E-state index contributed by atoms with van der Waals surface area (Å²) in [5, 5.41) is 14.9. The lowest BCUT2D eigenvalue weighted by Crippen LogP contribution is -2.40. The number of aliphatic hydroxyl groups is 1. The van der Waals surface area contributed by atoms with Crippen molar-refractivity contribution in [2.24, 2.45) is 0 Å². The molecule has 1 unspecified atom stereocenters. The Kier molecular flexibility index (Phi) is 6.57. The molecule has 5 nitrogen and oxygen atoms in total. The molecule has 2 aromatic carbocycles. The Morgan fingerprint density at radius 1 is 1.25 bits per heavy atom. The topological polar surface area (TPSA) is 70.6 Å². The Morgan fingerprint density at radius 2 is 2.00 bits per heavy atom. The highest BCUT2D eigenvalue weighted by molar-refractivity contribution is 5.74. The molecule has 2 aromatic rings. The van der Waals surface area contributed by atoms with E-state index in [2.05, 4.69) is 10.6 Å². The van der Waals surface area contributed by atoms with E-state index in [4.69, 9.17) is 4.74 Å². The number of hydrogen-bond donors (Lipinski definition) is 3. The number of ether oxygens (including phenoxy) is 1. The molecule has 0 aromatic heterocycles. The Morgan fingerprint density at radius 3 is 2.67 bits per heavy atom. The summed E-state index contributed by atoms with van der Waals surface area (Å²) in [4.78, 5) is 11.9. The number of aliphatic hydroxyl groups excluding tert-OH is 1. The lowest BCUT2D eigenvalue weighted by Gasteiger charge is -2.17. The van der Waals surface area contributed by atoms with E-state index in [1.54, 1.807) is 12.1 Å². The number of nitrogens with one attached hydrogen (secondary N) is 2. The highest BCUT2D eigenvalue weighted by Gasteiger charge is 2.12. The SMILES string of the molecule is COc1cc(CCNC(=O)NC(CO)c2ccccc2)ccc1F. The summed E-state index contributed by atoms with van der Waals surface area (Å²) in [6.45, 7) is 0.195. The standard InChI is InChI=1S/C18H21FN2O3/c1-24-17-11-13(7-8-15(17)19)9-10-20-18(23)21-16(12-22)14-5-3-2-4-6-14/h2-8,11,16,22H,9-10,12H2,1H3,(H2,20,21,23). The normalized spacial score (nSPS) is 11.6. The Labute approximate surface area is 140 Å². The van der Waals surface area contributed by atoms with E-state index < -0.39 is 11.9 Å². The van der Waals surface area contributed by atoms with Crippen molar-refractivity contribution >= 4 is 6.03 Å². The van der Waals surface area contributed by atoms with Gasteiger partial charge in [0.15, 0.2) is 11.6 Å². The minimum absolute atomic E-state index is 0.182. The van der Waals surface area contributed by atoms with Gasteiger partial charge in [-0.05, 0) is 29.7 Å². The Bertz CT molecular complexity index is 665. The van der Waals surface area contributed by atoms with Crippen LogP contribution in [0.25, 0.3) is 0 Å². The highest BCUT2D eigenvalue weighted by Crippen LogP contribution is 2.18. The highest BCUT2D eigenvalue weighted by atomic mass is 19.1. The van der Waals surface area contributed by atoms with Crippen LogP contribution in [0, 0.1) is 5.82 Å². The van der Waals surface area contributed by atoms with E-state index >= 15 is 0 Å². The zero-order chi connectivity index (χ0) is 17.4. The summed E-state index contributed by atoms with van der Waals surface area (Å²) in [5.41, 5.74) is 1.69. The van der Waals surface area contributed by atoms with Gasteiger partial charge < -0.3 is 20.5 Å². The number of carbonyl (C=O) groups excluding carboxylic acids is 1. The fourth-order valence-corrected chi connectivity index (χ4v) is 2.31. The second kappa shape index (κ2) is 8.88. The van der Waals surface area contributed by atoms with Crippen LogP contribution in [0.4, 0.5) is 9.18 Å². The fraction of sp³-hybridized carbons (Fsp3) is 0.278. The summed E-state index contributed by atoms with van der Waals surface area (Å²) >= 11 is 0. The molecule has 0 heterocycles. The first kappa shape index (κ1) is 17.7. The van der Waals surface area contributed by atoms with Gasteiger partial charge in [-0.15, -0.1) is 0 Å². The summed E-state index contributed by atoms with van der Waals surface area (Å²) in [7, 11) is 1.41. The van der Waals surface area contributed by atoms with Crippen molar-refractivity contribution in [3.8, 4) is 5.75 Å². The molecule has 2 rings (SSSR count). The largest absolute Gasteiger partial charge is 0.494 e. The number of urea groups is 1. The van der Waals surface area contributed by atoms with Crippen LogP contribution >= 0.6 is 0 Å². The molecule has 3 N–H and O–H groups in total. The lowest BCUT2D eigenvalue weighted by molar-refractivity contribution is 0.217. The molecule has 2 amide bonds. The van der Waals surface area contributed by atoms with Crippen molar-refractivity contribution in [1.29, 1.82) is 0 Å². The van der Waals surface area contributed by atoms with Crippen molar-refractivity contribution in [3.63, 3.8) is 0 Å². The maximum Gasteiger partial charge on any atom is 0.315 e. The van der Waals surface area contributed by atoms with Crippen LogP contribution in [0.2, 0.25) is 0 Å². The van der Waals surface area contributed by atoms with Gasteiger partial charge in [0.05, 0.1) is 19.8 Å². The van der Waals surface area contributed by atoms with Crippen LogP contribution < -0.4 is 15.4 Å². The van der Waals surface area contributed by atoms with E-state index in [-0.39, 0.29) is 18.4 Å². The van der Waals surface area contributed by atoms with Gasteiger partial charge in [0.2, 0.25) is 0 Å². The molecule has 0 aliphatic rings. The average molecular weight is 332 g/mol. The first-order valence-electron chi connectivity index (χ1n) is 7.66. The molecule has 0 bridgehead atoms. The molecule has 0 fully saturated rings. The quantitative estimate of drug-likeness (QED) is 0.729. The lowest BCUT2D eigenvalue weighted by atomic mass is 10.1. The molecule has 0 saturated carbocycles. The molecule has 0 saturated heterocycles. The number of benzene rings is 2. The van der Waals surface area contributed by atoms with Crippen molar-refractivity contribution < 1.29 is 19.0 Å². The van der Waals surface area contributed by atoms with Gasteiger partial charge in [-0.2, -0.15) is 0 Å². The van der Waals surface area contributed by atoms with Crippen molar-refractivity contribution in [1.82, 2.24) is 10.6 Å². The van der Waals surface area contributed by atoms with Crippen LogP contribution in [-0.4, -0.2) is 31.4 Å². The molecule has 24 heavy (non-hydrogen) atoms. The molecule has 128 valence electrons. The third-order valence-corrected chi connectivity index (χ3v) is 3.60. The number of methoxy groups -OCH3 is 1. The maximum absolute atomic E-state index is 13.3. The Hall–Kier alpha value is -2.60. The predicted octanol–water partition coefficient (Wildman–Crippen LogP) is 2.41. The molecular formula is C18H21FN2O3. The maximum atomic E-state index is 13.3. The van der Waals surface area contributed by atoms with Gasteiger partial charge in [-0.25, -0.2) is 9.18 Å². The van der Waals surface area contributed by atoms with Crippen LogP contribution in [0.3, 0.4) is 0 Å². The van der Waals surface area contributed by atoms with E-state index in [1.165, 1.54) is 13.2 Å². The van der Waals surface area contributed by atoms with Gasteiger partial charge in [-0.1, -0.05) is 36.4 Å². The molecular weight excluding hydrogens is 311 g/mol. The zero-order valence-corrected chi connectivity index (χ0v) is 13.5. The molecule has 1 atom stereocenters. The van der Waals surface area contributed by atoms with Crippen molar-refractivity contribution in [2.45, 2.75) is 12.5 Å². The summed E-state index contributed by atoms with van der Waals surface area (Å²) in [5.74, 6) is -0.234. The van der Waals surface area contributed by atoms with E-state index in [1.807, 2.05) is 30.3 Å². The Balaban J connectivity index is 1.82. The fourth-order valence-electron chi connectivity index (χ4n) is 2.31. The monoisotopic (exact) mass is 332 g/mol. The molecule has 6 heteroatoms. The van der Waals surface area contributed by atoms with E-state index in [0.29, 0.717) is 13.0 Å². The van der Waals surface area contributed by atoms with Crippen molar-refractivity contribution in [3.05, 3.63) is 65.5 Å². The van der Waals surface area contributed by atoms with Crippen LogP contribution in [0.1, 0.15) is 17.2 Å². The smallest absolute Gasteiger partial charge is 0.315 e. The second-order valence-corrected chi connectivity index (χ2v) is 5.26. The molecule has 0 radical (unpaired) electrons. The number of amides is 2. The molecule has 0 aliphatic carbocycles. The zero-order valence-electron chi connectivity index (χ0n) is 13.5. The minimum Gasteiger partial charge on any atom is -0.494 e. The molecule has 0 spiro atoms. The second-order valence-electron chi connectivity index (χ2n) is 5.26. The van der Waals surface area contributed by atoms with E-state index in [0.717, 1.165) is 11.1 Å². The number of hydrogen-bond acceptors (Lipinski definition) is 3. The number of rotatable bonds is 7. The summed E-state index contributed by atoms with van der Waals surface area (Å²) in [6, 6.07) is 13.0. The van der Waals surface area contributed by atoms with Gasteiger partial charge >= 0.3 is 6.03 Å². The van der Waals surface area contributed by atoms with Crippen LogP contribution in [0.5, 0.6) is 5.75 Å². The average Bonchev–Trinajstić information content (AvgIpc) is 2.61. The minimum atomic E-state index is -0.461.